The standard InChI is InChI=1S/C19H16F3N3OS/c20-19(21,22)13-5-3-12(4-6-13)17-23-16-7-8-25(10-14-2-1-9-27-14)11-15(16)18(26)24-17/h1-6,9H,7-8,10-11H2,(H,23,24,26). The van der Waals surface area contributed by atoms with Crippen LogP contribution < -0.4 is 5.56 Å². The van der Waals surface area contributed by atoms with Crippen LogP contribution in [0.4, 0.5) is 13.2 Å². The Morgan fingerprint density at radius 2 is 1.96 bits per heavy atom. The first kappa shape index (κ1) is 17.9. The van der Waals surface area contributed by atoms with Gasteiger partial charge in [-0.2, -0.15) is 13.2 Å². The van der Waals surface area contributed by atoms with Crippen molar-refractivity contribution in [1.29, 1.82) is 0 Å². The van der Waals surface area contributed by atoms with E-state index in [4.69, 9.17) is 0 Å². The lowest BCUT2D eigenvalue weighted by atomic mass is 10.1. The Morgan fingerprint density at radius 1 is 1.19 bits per heavy atom. The molecule has 140 valence electrons. The molecule has 1 N–H and O–H groups in total. The van der Waals surface area contributed by atoms with E-state index >= 15 is 0 Å². The summed E-state index contributed by atoms with van der Waals surface area (Å²) >= 11 is 1.68. The lowest BCUT2D eigenvalue weighted by Crippen LogP contribution is -2.35. The first-order valence-electron chi connectivity index (χ1n) is 8.44. The van der Waals surface area contributed by atoms with Gasteiger partial charge in [-0.05, 0) is 23.6 Å². The lowest BCUT2D eigenvalue weighted by Gasteiger charge is -2.27. The maximum absolute atomic E-state index is 12.7. The molecule has 1 aliphatic rings. The SMILES string of the molecule is O=c1[nH]c(-c2ccc(C(F)(F)F)cc2)nc2c1CN(Cc1cccs1)CC2. The molecule has 1 aliphatic heterocycles. The largest absolute Gasteiger partial charge is 0.416 e. The minimum atomic E-state index is -4.39. The molecule has 0 aliphatic carbocycles. The summed E-state index contributed by atoms with van der Waals surface area (Å²) in [4.78, 5) is 23.2. The van der Waals surface area contributed by atoms with E-state index in [1.807, 2.05) is 11.4 Å². The van der Waals surface area contributed by atoms with Crippen molar-refractivity contribution in [3.8, 4) is 11.4 Å². The normalized spacial score (nSPS) is 14.9. The molecule has 0 spiro atoms. The summed E-state index contributed by atoms with van der Waals surface area (Å²) in [6.45, 7) is 2.09. The Balaban J connectivity index is 1.58. The third kappa shape index (κ3) is 3.81. The Bertz CT molecular complexity index is 995. The highest BCUT2D eigenvalue weighted by molar-refractivity contribution is 7.09. The smallest absolute Gasteiger partial charge is 0.306 e. The van der Waals surface area contributed by atoms with Crippen molar-refractivity contribution in [2.45, 2.75) is 25.7 Å². The maximum atomic E-state index is 12.7. The summed E-state index contributed by atoms with van der Waals surface area (Å²) in [5.41, 5.74) is 0.856. The number of fused-ring (bicyclic) bond motifs is 1. The van der Waals surface area contributed by atoms with Crippen molar-refractivity contribution in [2.75, 3.05) is 6.54 Å². The zero-order valence-corrected chi connectivity index (χ0v) is 15.0. The molecule has 8 heteroatoms. The second-order valence-electron chi connectivity index (χ2n) is 6.45. The van der Waals surface area contributed by atoms with Crippen LogP contribution in [0.3, 0.4) is 0 Å². The highest BCUT2D eigenvalue weighted by atomic mass is 32.1. The van der Waals surface area contributed by atoms with E-state index < -0.39 is 11.7 Å². The van der Waals surface area contributed by atoms with Gasteiger partial charge in [0, 0.05) is 36.5 Å². The monoisotopic (exact) mass is 391 g/mol. The Labute approximate surface area is 157 Å². The average molecular weight is 391 g/mol. The van der Waals surface area contributed by atoms with Gasteiger partial charge in [0.05, 0.1) is 16.8 Å². The van der Waals surface area contributed by atoms with E-state index in [0.29, 0.717) is 29.9 Å². The molecule has 2 aromatic heterocycles. The van der Waals surface area contributed by atoms with E-state index in [0.717, 1.165) is 30.9 Å². The predicted octanol–water partition coefficient (Wildman–Crippen LogP) is 4.08. The second kappa shape index (κ2) is 6.94. The highest BCUT2D eigenvalue weighted by Gasteiger charge is 2.30. The van der Waals surface area contributed by atoms with Crippen LogP contribution in [0.15, 0.2) is 46.6 Å². The van der Waals surface area contributed by atoms with Gasteiger partial charge < -0.3 is 4.98 Å². The van der Waals surface area contributed by atoms with Crippen LogP contribution in [0.5, 0.6) is 0 Å². The molecule has 0 unspecified atom stereocenters. The van der Waals surface area contributed by atoms with Crippen molar-refractivity contribution in [3.63, 3.8) is 0 Å². The van der Waals surface area contributed by atoms with Gasteiger partial charge in [0.2, 0.25) is 0 Å². The average Bonchev–Trinajstić information content (AvgIpc) is 3.14. The minimum absolute atomic E-state index is 0.231. The molecular formula is C19H16F3N3OS. The van der Waals surface area contributed by atoms with Crippen LogP contribution in [-0.2, 0) is 25.7 Å². The van der Waals surface area contributed by atoms with Crippen LogP contribution in [-0.4, -0.2) is 21.4 Å². The van der Waals surface area contributed by atoms with Gasteiger partial charge in [0.1, 0.15) is 5.82 Å². The first-order valence-corrected chi connectivity index (χ1v) is 9.32. The summed E-state index contributed by atoms with van der Waals surface area (Å²) in [6, 6.07) is 8.73. The molecule has 3 aromatic rings. The number of aromatic nitrogens is 2. The van der Waals surface area contributed by atoms with E-state index in [2.05, 4.69) is 20.9 Å². The van der Waals surface area contributed by atoms with E-state index in [9.17, 15) is 18.0 Å². The fourth-order valence-corrected chi connectivity index (χ4v) is 3.94. The van der Waals surface area contributed by atoms with Crippen molar-refractivity contribution in [1.82, 2.24) is 14.9 Å². The zero-order valence-electron chi connectivity index (χ0n) is 14.2. The number of thiophene rings is 1. The molecule has 0 radical (unpaired) electrons. The maximum Gasteiger partial charge on any atom is 0.416 e. The van der Waals surface area contributed by atoms with E-state index in [1.165, 1.54) is 17.0 Å². The van der Waals surface area contributed by atoms with Crippen molar-refractivity contribution in [2.24, 2.45) is 0 Å². The number of nitrogens with zero attached hydrogens (tertiary/aromatic N) is 2. The van der Waals surface area contributed by atoms with Crippen molar-refractivity contribution >= 4 is 11.3 Å². The molecule has 0 amide bonds. The highest BCUT2D eigenvalue weighted by Crippen LogP contribution is 2.30. The Morgan fingerprint density at radius 3 is 2.63 bits per heavy atom. The van der Waals surface area contributed by atoms with Crippen LogP contribution in [0.2, 0.25) is 0 Å². The molecule has 4 rings (SSSR count). The van der Waals surface area contributed by atoms with Gasteiger partial charge in [-0.15, -0.1) is 11.3 Å². The number of hydrogen-bond acceptors (Lipinski definition) is 4. The summed E-state index contributed by atoms with van der Waals surface area (Å²) < 4.78 is 38.1. The summed E-state index contributed by atoms with van der Waals surface area (Å²) in [6.07, 6.45) is -3.75. The van der Waals surface area contributed by atoms with Gasteiger partial charge in [-0.3, -0.25) is 9.69 Å². The van der Waals surface area contributed by atoms with Gasteiger partial charge in [0.15, 0.2) is 0 Å². The van der Waals surface area contributed by atoms with Crippen LogP contribution in [0, 0.1) is 0 Å². The van der Waals surface area contributed by atoms with Crippen molar-refractivity contribution < 1.29 is 13.2 Å². The fraction of sp³-hybridized carbons (Fsp3) is 0.263. The number of hydrogen-bond donors (Lipinski definition) is 1. The second-order valence-corrected chi connectivity index (χ2v) is 7.49. The molecule has 0 bridgehead atoms. The zero-order chi connectivity index (χ0) is 19.0. The fourth-order valence-electron chi connectivity index (χ4n) is 3.19. The summed E-state index contributed by atoms with van der Waals surface area (Å²) in [7, 11) is 0. The number of H-pyrrole nitrogens is 1. The molecule has 0 atom stereocenters. The van der Waals surface area contributed by atoms with E-state index in [-0.39, 0.29) is 5.56 Å². The van der Waals surface area contributed by atoms with Gasteiger partial charge in [-0.1, -0.05) is 18.2 Å². The lowest BCUT2D eigenvalue weighted by molar-refractivity contribution is -0.137. The quantitative estimate of drug-likeness (QED) is 0.732. The molecule has 27 heavy (non-hydrogen) atoms. The molecule has 1 aromatic carbocycles. The third-order valence-electron chi connectivity index (χ3n) is 4.59. The minimum Gasteiger partial charge on any atom is -0.306 e. The molecule has 0 fully saturated rings. The van der Waals surface area contributed by atoms with Gasteiger partial charge >= 0.3 is 6.18 Å². The van der Waals surface area contributed by atoms with E-state index in [1.54, 1.807) is 11.3 Å². The number of nitrogens with one attached hydrogen (secondary N) is 1. The number of aromatic amines is 1. The number of benzene rings is 1. The molecule has 0 saturated heterocycles. The predicted molar refractivity (Wildman–Crippen MR) is 97.4 cm³/mol. The molecule has 4 nitrogen and oxygen atoms in total. The number of rotatable bonds is 3. The Kier molecular flexibility index (Phi) is 4.61. The first-order chi connectivity index (χ1) is 12.9. The summed E-state index contributed by atoms with van der Waals surface area (Å²) in [5.74, 6) is 0.305. The number of halogens is 3. The van der Waals surface area contributed by atoms with Gasteiger partial charge in [-0.25, -0.2) is 4.98 Å². The van der Waals surface area contributed by atoms with Crippen LogP contribution in [0.25, 0.3) is 11.4 Å². The molecular weight excluding hydrogens is 375 g/mol. The Hall–Kier alpha value is -2.45. The summed E-state index contributed by atoms with van der Waals surface area (Å²) in [5, 5.41) is 2.03. The third-order valence-corrected chi connectivity index (χ3v) is 5.45. The van der Waals surface area contributed by atoms with Crippen LogP contribution >= 0.6 is 11.3 Å². The topological polar surface area (TPSA) is 49.0 Å². The van der Waals surface area contributed by atoms with Crippen molar-refractivity contribution in [3.05, 3.63) is 73.8 Å². The van der Waals surface area contributed by atoms with Crippen LogP contribution in [0.1, 0.15) is 21.7 Å². The molecule has 0 saturated carbocycles. The molecule has 3 heterocycles. The number of alkyl halides is 3. The van der Waals surface area contributed by atoms with Gasteiger partial charge in [0.25, 0.3) is 5.56 Å².